The summed E-state index contributed by atoms with van der Waals surface area (Å²) in [6.45, 7) is 10.2. The van der Waals surface area contributed by atoms with E-state index in [-0.39, 0.29) is 5.54 Å². The van der Waals surface area contributed by atoms with Crippen LogP contribution in [0.25, 0.3) is 0 Å². The van der Waals surface area contributed by atoms with Crippen molar-refractivity contribution in [1.29, 1.82) is 0 Å². The van der Waals surface area contributed by atoms with Gasteiger partial charge in [-0.05, 0) is 63.0 Å². The average Bonchev–Trinajstić information content (AvgIpc) is 3.13. The van der Waals surface area contributed by atoms with E-state index >= 15 is 0 Å². The van der Waals surface area contributed by atoms with Gasteiger partial charge in [0.25, 0.3) is 0 Å². The van der Waals surface area contributed by atoms with Gasteiger partial charge in [-0.1, -0.05) is 36.7 Å². The van der Waals surface area contributed by atoms with Crippen LogP contribution in [0.3, 0.4) is 0 Å². The van der Waals surface area contributed by atoms with Crippen LogP contribution in [0.1, 0.15) is 46.1 Å². The van der Waals surface area contributed by atoms with Crippen molar-refractivity contribution in [1.82, 2.24) is 5.32 Å². The summed E-state index contributed by atoms with van der Waals surface area (Å²) < 4.78 is 0. The summed E-state index contributed by atoms with van der Waals surface area (Å²) >= 11 is 6.33. The molecule has 0 aromatic heterocycles. The molecule has 1 atom stereocenters. The number of nitrogens with one attached hydrogen (secondary N) is 1. The highest BCUT2D eigenvalue weighted by Gasteiger charge is 2.41. The molecule has 2 rings (SSSR count). The predicted molar refractivity (Wildman–Crippen MR) is 83.7 cm³/mol. The van der Waals surface area contributed by atoms with Gasteiger partial charge in [-0.2, -0.15) is 0 Å². The second kappa shape index (κ2) is 5.46. The van der Waals surface area contributed by atoms with Crippen molar-refractivity contribution in [2.24, 2.45) is 11.3 Å². The summed E-state index contributed by atoms with van der Waals surface area (Å²) in [5, 5.41) is 4.59. The molecule has 1 aromatic rings. The molecule has 0 spiro atoms. The Morgan fingerprint density at radius 2 is 1.79 bits per heavy atom. The van der Waals surface area contributed by atoms with Crippen molar-refractivity contribution >= 4 is 11.6 Å². The molecule has 0 heterocycles. The number of hydrogen-bond acceptors (Lipinski definition) is 1. The van der Waals surface area contributed by atoms with Crippen LogP contribution in [-0.2, 0) is 6.42 Å². The van der Waals surface area contributed by atoms with Gasteiger partial charge in [0.1, 0.15) is 0 Å². The standard InChI is InChI=1S/C17H26ClN/c1-16(2,3)19-12-17(4,14-9-10-14)11-13-7-5-6-8-15(13)18/h5-8,14,19H,9-12H2,1-4H3. The molecule has 0 saturated heterocycles. The Labute approximate surface area is 122 Å². The molecule has 1 saturated carbocycles. The zero-order valence-corrected chi connectivity index (χ0v) is 13.3. The monoisotopic (exact) mass is 279 g/mol. The topological polar surface area (TPSA) is 12.0 Å². The summed E-state index contributed by atoms with van der Waals surface area (Å²) in [6, 6.07) is 8.26. The molecular weight excluding hydrogens is 254 g/mol. The van der Waals surface area contributed by atoms with Crippen molar-refractivity contribution in [3.63, 3.8) is 0 Å². The van der Waals surface area contributed by atoms with Gasteiger partial charge in [-0.15, -0.1) is 0 Å². The van der Waals surface area contributed by atoms with Crippen LogP contribution in [0.15, 0.2) is 24.3 Å². The maximum atomic E-state index is 6.33. The molecule has 1 nitrogen and oxygen atoms in total. The molecule has 19 heavy (non-hydrogen) atoms. The molecule has 1 N–H and O–H groups in total. The lowest BCUT2D eigenvalue weighted by atomic mass is 9.78. The summed E-state index contributed by atoms with van der Waals surface area (Å²) in [7, 11) is 0. The van der Waals surface area contributed by atoms with E-state index in [4.69, 9.17) is 11.6 Å². The molecule has 1 unspecified atom stereocenters. The van der Waals surface area contributed by atoms with Crippen LogP contribution in [-0.4, -0.2) is 12.1 Å². The van der Waals surface area contributed by atoms with Crippen LogP contribution >= 0.6 is 11.6 Å². The molecule has 0 aliphatic heterocycles. The minimum atomic E-state index is 0.177. The maximum Gasteiger partial charge on any atom is 0.0438 e. The highest BCUT2D eigenvalue weighted by molar-refractivity contribution is 6.31. The molecular formula is C17H26ClN. The maximum absolute atomic E-state index is 6.33. The first-order valence-electron chi connectivity index (χ1n) is 7.29. The largest absolute Gasteiger partial charge is 0.312 e. The Balaban J connectivity index is 2.09. The van der Waals surface area contributed by atoms with E-state index in [1.54, 1.807) is 0 Å². The fourth-order valence-electron chi connectivity index (χ4n) is 2.68. The van der Waals surface area contributed by atoms with Crippen molar-refractivity contribution in [2.75, 3.05) is 6.54 Å². The van der Waals surface area contributed by atoms with Crippen LogP contribution < -0.4 is 5.32 Å². The average molecular weight is 280 g/mol. The van der Waals surface area contributed by atoms with Crippen LogP contribution in [0.5, 0.6) is 0 Å². The van der Waals surface area contributed by atoms with Crippen molar-refractivity contribution in [3.8, 4) is 0 Å². The van der Waals surface area contributed by atoms with Crippen molar-refractivity contribution in [3.05, 3.63) is 34.9 Å². The lowest BCUT2D eigenvalue weighted by Crippen LogP contribution is -2.44. The quantitative estimate of drug-likeness (QED) is 0.825. The van der Waals surface area contributed by atoms with Gasteiger partial charge in [0.2, 0.25) is 0 Å². The first kappa shape index (κ1) is 14.9. The summed E-state index contributed by atoms with van der Waals surface area (Å²) in [5.41, 5.74) is 1.78. The second-order valence-electron chi connectivity index (χ2n) is 7.30. The van der Waals surface area contributed by atoms with Gasteiger partial charge >= 0.3 is 0 Å². The number of rotatable bonds is 5. The van der Waals surface area contributed by atoms with E-state index in [2.05, 4.69) is 45.1 Å². The SMILES string of the molecule is CC(C)(C)NCC(C)(Cc1ccccc1Cl)C1CC1. The summed E-state index contributed by atoms with van der Waals surface area (Å²) in [4.78, 5) is 0. The Bertz CT molecular complexity index is 431. The Kier molecular flexibility index (Phi) is 4.27. The van der Waals surface area contributed by atoms with Gasteiger partial charge in [0.15, 0.2) is 0 Å². The van der Waals surface area contributed by atoms with Crippen LogP contribution in [0.2, 0.25) is 5.02 Å². The molecule has 0 bridgehead atoms. The summed E-state index contributed by atoms with van der Waals surface area (Å²) in [5.74, 6) is 0.846. The van der Waals surface area contributed by atoms with Crippen molar-refractivity contribution < 1.29 is 0 Å². The normalized spacial score (nSPS) is 19.2. The Morgan fingerprint density at radius 3 is 2.32 bits per heavy atom. The van der Waals surface area contributed by atoms with Gasteiger partial charge < -0.3 is 5.32 Å². The first-order chi connectivity index (χ1) is 8.80. The van der Waals surface area contributed by atoms with Crippen molar-refractivity contribution in [2.45, 2.75) is 52.5 Å². The molecule has 1 fully saturated rings. The lowest BCUT2D eigenvalue weighted by Gasteiger charge is -2.34. The Morgan fingerprint density at radius 1 is 1.16 bits per heavy atom. The van der Waals surface area contributed by atoms with E-state index in [1.165, 1.54) is 18.4 Å². The molecule has 1 aliphatic carbocycles. The van der Waals surface area contributed by atoms with E-state index in [9.17, 15) is 0 Å². The van der Waals surface area contributed by atoms with Crippen LogP contribution in [0, 0.1) is 11.3 Å². The number of hydrogen-bond donors (Lipinski definition) is 1. The van der Waals surface area contributed by atoms with E-state index in [0.29, 0.717) is 5.41 Å². The smallest absolute Gasteiger partial charge is 0.0438 e. The van der Waals surface area contributed by atoms with E-state index < -0.39 is 0 Å². The van der Waals surface area contributed by atoms with E-state index in [0.717, 1.165) is 23.9 Å². The minimum absolute atomic E-state index is 0.177. The fourth-order valence-corrected chi connectivity index (χ4v) is 2.88. The van der Waals surface area contributed by atoms with Gasteiger partial charge in [0, 0.05) is 17.1 Å². The lowest BCUT2D eigenvalue weighted by molar-refractivity contribution is 0.228. The predicted octanol–water partition coefficient (Wildman–Crippen LogP) is 4.69. The second-order valence-corrected chi connectivity index (χ2v) is 7.71. The molecule has 0 radical (unpaired) electrons. The molecule has 2 heteroatoms. The third-order valence-corrected chi connectivity index (χ3v) is 4.51. The highest BCUT2D eigenvalue weighted by Crippen LogP contribution is 2.47. The number of benzene rings is 1. The zero-order chi connectivity index (χ0) is 14.1. The summed E-state index contributed by atoms with van der Waals surface area (Å²) in [6.07, 6.45) is 3.81. The third-order valence-electron chi connectivity index (χ3n) is 4.14. The van der Waals surface area contributed by atoms with Gasteiger partial charge in [-0.3, -0.25) is 0 Å². The highest BCUT2D eigenvalue weighted by atomic mass is 35.5. The Hall–Kier alpha value is -0.530. The molecule has 0 amide bonds. The van der Waals surface area contributed by atoms with Gasteiger partial charge in [0.05, 0.1) is 0 Å². The zero-order valence-electron chi connectivity index (χ0n) is 12.6. The third kappa shape index (κ3) is 4.22. The van der Waals surface area contributed by atoms with Gasteiger partial charge in [-0.25, -0.2) is 0 Å². The van der Waals surface area contributed by atoms with Crippen LogP contribution in [0.4, 0.5) is 0 Å². The minimum Gasteiger partial charge on any atom is -0.312 e. The molecule has 1 aliphatic rings. The molecule has 1 aromatic carbocycles. The first-order valence-corrected chi connectivity index (χ1v) is 7.66. The molecule has 106 valence electrons. The van der Waals surface area contributed by atoms with E-state index in [1.807, 2.05) is 12.1 Å². The number of halogens is 1. The fraction of sp³-hybridized carbons (Fsp3) is 0.647.